The molecule has 0 spiro atoms. The number of aromatic nitrogens is 1. The number of hydrogen-bond acceptors (Lipinski definition) is 3. The quantitative estimate of drug-likeness (QED) is 0.835. The molecule has 2 N–H and O–H groups in total. The SMILES string of the molecule is CC(C)C(CNc1nccc(C(=O)O)c1Cl)C(C)C. The second-order valence-corrected chi connectivity index (χ2v) is 5.74. The molecule has 0 saturated heterocycles. The summed E-state index contributed by atoms with van der Waals surface area (Å²) in [6, 6.07) is 1.40. The van der Waals surface area contributed by atoms with Crippen LogP contribution in [0.5, 0.6) is 0 Å². The highest BCUT2D eigenvalue weighted by atomic mass is 35.5. The summed E-state index contributed by atoms with van der Waals surface area (Å²) >= 11 is 6.04. The van der Waals surface area contributed by atoms with Crippen LogP contribution in [-0.4, -0.2) is 22.6 Å². The molecular formula is C14H21ClN2O2. The number of hydrogen-bond donors (Lipinski definition) is 2. The van der Waals surface area contributed by atoms with Gasteiger partial charge in [-0.15, -0.1) is 0 Å². The number of aromatic carboxylic acids is 1. The molecule has 0 aliphatic carbocycles. The van der Waals surface area contributed by atoms with Crippen LogP contribution in [0.1, 0.15) is 38.1 Å². The van der Waals surface area contributed by atoms with Crippen molar-refractivity contribution < 1.29 is 9.90 Å². The van der Waals surface area contributed by atoms with Crippen LogP contribution < -0.4 is 5.32 Å². The van der Waals surface area contributed by atoms with Gasteiger partial charge in [0, 0.05) is 12.7 Å². The highest BCUT2D eigenvalue weighted by Crippen LogP contribution is 2.26. The second-order valence-electron chi connectivity index (χ2n) is 5.36. The lowest BCUT2D eigenvalue weighted by atomic mass is 9.85. The van der Waals surface area contributed by atoms with Crippen LogP contribution in [0.2, 0.25) is 5.02 Å². The first-order valence-corrected chi connectivity index (χ1v) is 6.84. The van der Waals surface area contributed by atoms with Gasteiger partial charge in [-0.05, 0) is 23.8 Å². The minimum Gasteiger partial charge on any atom is -0.478 e. The summed E-state index contributed by atoms with van der Waals surface area (Å²) in [6.45, 7) is 9.43. The molecule has 1 aromatic heterocycles. The van der Waals surface area contributed by atoms with E-state index in [-0.39, 0.29) is 10.6 Å². The van der Waals surface area contributed by atoms with Gasteiger partial charge in [0.25, 0.3) is 0 Å². The van der Waals surface area contributed by atoms with Gasteiger partial charge in [0.05, 0.1) is 10.6 Å². The summed E-state index contributed by atoms with van der Waals surface area (Å²) in [5.41, 5.74) is 0.0739. The Labute approximate surface area is 119 Å². The Balaban J connectivity index is 2.83. The molecule has 0 bridgehead atoms. The minimum absolute atomic E-state index is 0.0739. The zero-order chi connectivity index (χ0) is 14.6. The van der Waals surface area contributed by atoms with Crippen LogP contribution in [0.15, 0.2) is 12.3 Å². The first-order chi connectivity index (χ1) is 8.84. The summed E-state index contributed by atoms with van der Waals surface area (Å²) in [4.78, 5) is 15.1. The number of halogens is 1. The van der Waals surface area contributed by atoms with Crippen LogP contribution in [0.4, 0.5) is 5.82 Å². The number of nitrogens with one attached hydrogen (secondary N) is 1. The maximum absolute atomic E-state index is 11.0. The van der Waals surface area contributed by atoms with Gasteiger partial charge in [0.15, 0.2) is 0 Å². The van der Waals surface area contributed by atoms with Crippen molar-refractivity contribution in [3.05, 3.63) is 22.8 Å². The minimum atomic E-state index is -1.04. The number of carboxylic acid groups (broad SMARTS) is 1. The molecule has 4 nitrogen and oxygen atoms in total. The third kappa shape index (κ3) is 4.10. The maximum Gasteiger partial charge on any atom is 0.337 e. The molecule has 0 aliphatic rings. The lowest BCUT2D eigenvalue weighted by Gasteiger charge is -2.25. The van der Waals surface area contributed by atoms with Crippen molar-refractivity contribution in [2.24, 2.45) is 17.8 Å². The maximum atomic E-state index is 11.0. The highest BCUT2D eigenvalue weighted by molar-refractivity contribution is 6.35. The molecule has 106 valence electrons. The van der Waals surface area contributed by atoms with Crippen molar-refractivity contribution in [2.45, 2.75) is 27.7 Å². The fraction of sp³-hybridized carbons (Fsp3) is 0.571. The monoisotopic (exact) mass is 284 g/mol. The Morgan fingerprint density at radius 2 is 1.95 bits per heavy atom. The summed E-state index contributed by atoms with van der Waals surface area (Å²) in [6.07, 6.45) is 1.46. The summed E-state index contributed by atoms with van der Waals surface area (Å²) in [5, 5.41) is 12.3. The van der Waals surface area contributed by atoms with Gasteiger partial charge in [-0.25, -0.2) is 9.78 Å². The average molecular weight is 285 g/mol. The van der Waals surface area contributed by atoms with Gasteiger partial charge in [-0.1, -0.05) is 39.3 Å². The Hall–Kier alpha value is -1.29. The Kier molecular flexibility index (Phi) is 5.60. The molecule has 0 unspecified atom stereocenters. The fourth-order valence-corrected chi connectivity index (χ4v) is 2.45. The molecule has 0 aliphatic heterocycles. The summed E-state index contributed by atoms with van der Waals surface area (Å²) in [5.74, 6) is 0.946. The van der Waals surface area contributed by atoms with Gasteiger partial charge in [0.2, 0.25) is 0 Å². The number of pyridine rings is 1. The normalized spacial score (nSPS) is 11.4. The van der Waals surface area contributed by atoms with E-state index in [1.165, 1.54) is 12.3 Å². The van der Waals surface area contributed by atoms with E-state index in [1.807, 2.05) is 0 Å². The molecule has 0 radical (unpaired) electrons. The molecule has 0 fully saturated rings. The molecular weight excluding hydrogens is 264 g/mol. The van der Waals surface area contributed by atoms with Gasteiger partial charge in [-0.3, -0.25) is 0 Å². The first-order valence-electron chi connectivity index (χ1n) is 6.46. The highest BCUT2D eigenvalue weighted by Gasteiger charge is 2.19. The zero-order valence-electron chi connectivity index (χ0n) is 11.8. The van der Waals surface area contributed by atoms with E-state index >= 15 is 0 Å². The van der Waals surface area contributed by atoms with Gasteiger partial charge >= 0.3 is 5.97 Å². The predicted octanol–water partition coefficient (Wildman–Crippen LogP) is 3.77. The van der Waals surface area contributed by atoms with Crippen molar-refractivity contribution in [3.8, 4) is 0 Å². The van der Waals surface area contributed by atoms with E-state index in [4.69, 9.17) is 16.7 Å². The van der Waals surface area contributed by atoms with E-state index < -0.39 is 5.97 Å². The van der Waals surface area contributed by atoms with Crippen molar-refractivity contribution in [1.82, 2.24) is 4.98 Å². The van der Waals surface area contributed by atoms with Crippen LogP contribution in [0.25, 0.3) is 0 Å². The lowest BCUT2D eigenvalue weighted by molar-refractivity contribution is 0.0697. The molecule has 1 rings (SSSR count). The third-order valence-electron chi connectivity index (χ3n) is 3.34. The molecule has 1 heterocycles. The smallest absolute Gasteiger partial charge is 0.337 e. The standard InChI is InChI=1S/C14H21ClN2O2/c1-8(2)11(9(3)4)7-17-13-12(15)10(14(18)19)5-6-16-13/h5-6,8-9,11H,7H2,1-4H3,(H,16,17)(H,18,19). The zero-order valence-corrected chi connectivity index (χ0v) is 12.5. The Morgan fingerprint density at radius 3 is 2.42 bits per heavy atom. The van der Waals surface area contributed by atoms with E-state index in [0.717, 1.165) is 6.54 Å². The van der Waals surface area contributed by atoms with Gasteiger partial charge < -0.3 is 10.4 Å². The van der Waals surface area contributed by atoms with E-state index in [0.29, 0.717) is 23.6 Å². The molecule has 5 heteroatoms. The van der Waals surface area contributed by atoms with E-state index in [1.54, 1.807) is 0 Å². The topological polar surface area (TPSA) is 62.2 Å². The van der Waals surface area contributed by atoms with E-state index in [2.05, 4.69) is 38.0 Å². The summed E-state index contributed by atoms with van der Waals surface area (Å²) in [7, 11) is 0. The number of rotatable bonds is 6. The van der Waals surface area contributed by atoms with E-state index in [9.17, 15) is 4.79 Å². The van der Waals surface area contributed by atoms with Crippen LogP contribution in [-0.2, 0) is 0 Å². The number of anilines is 1. The van der Waals surface area contributed by atoms with Crippen LogP contribution in [0.3, 0.4) is 0 Å². The first kappa shape index (κ1) is 15.8. The van der Waals surface area contributed by atoms with Crippen LogP contribution in [0, 0.1) is 17.8 Å². The molecule has 0 saturated carbocycles. The third-order valence-corrected chi connectivity index (χ3v) is 3.72. The molecule has 0 aromatic carbocycles. The predicted molar refractivity (Wildman–Crippen MR) is 77.9 cm³/mol. The largest absolute Gasteiger partial charge is 0.478 e. The van der Waals surface area contributed by atoms with Gasteiger partial charge in [0.1, 0.15) is 5.82 Å². The average Bonchev–Trinajstić information content (AvgIpc) is 2.30. The fourth-order valence-electron chi connectivity index (χ4n) is 2.19. The lowest BCUT2D eigenvalue weighted by Crippen LogP contribution is -2.25. The van der Waals surface area contributed by atoms with Crippen LogP contribution >= 0.6 is 11.6 Å². The molecule has 19 heavy (non-hydrogen) atoms. The second kappa shape index (κ2) is 6.75. The number of carboxylic acids is 1. The number of carbonyl (C=O) groups is 1. The van der Waals surface area contributed by atoms with Crippen molar-refractivity contribution in [1.29, 1.82) is 0 Å². The van der Waals surface area contributed by atoms with Crippen molar-refractivity contribution in [2.75, 3.05) is 11.9 Å². The molecule has 0 atom stereocenters. The van der Waals surface area contributed by atoms with Crippen molar-refractivity contribution in [3.63, 3.8) is 0 Å². The Morgan fingerprint density at radius 1 is 1.37 bits per heavy atom. The van der Waals surface area contributed by atoms with Crippen molar-refractivity contribution >= 4 is 23.4 Å². The number of nitrogens with zero attached hydrogens (tertiary/aromatic N) is 1. The molecule has 0 amide bonds. The van der Waals surface area contributed by atoms with Gasteiger partial charge in [-0.2, -0.15) is 0 Å². The summed E-state index contributed by atoms with van der Waals surface area (Å²) < 4.78 is 0. The molecule has 1 aromatic rings. The Bertz CT molecular complexity index is 439.